The molecule has 0 aromatic heterocycles. The zero-order valence-electron chi connectivity index (χ0n) is 21.9. The second-order valence-corrected chi connectivity index (χ2v) is 9.98. The first kappa shape index (κ1) is 27.3. The first-order valence-electron chi connectivity index (χ1n) is 13.6. The van der Waals surface area contributed by atoms with Gasteiger partial charge in [-0.1, -0.05) is 75.9 Å². The van der Waals surface area contributed by atoms with Crippen molar-refractivity contribution >= 4 is 0 Å². The summed E-state index contributed by atoms with van der Waals surface area (Å²) in [6, 6.07) is 15.2. The molecular formula is C32H37F3O2. The molecule has 5 heteroatoms. The number of hydrogen-bond acceptors (Lipinski definition) is 2. The summed E-state index contributed by atoms with van der Waals surface area (Å²) in [6.45, 7) is 5.19. The highest BCUT2D eigenvalue weighted by atomic mass is 19.2. The Labute approximate surface area is 218 Å². The molecule has 0 radical (unpaired) electrons. The topological polar surface area (TPSA) is 18.5 Å². The molecule has 4 rings (SSSR count). The molecule has 2 nitrogen and oxygen atoms in total. The van der Waals surface area contributed by atoms with Crippen LogP contribution in [-0.2, 0) is 4.74 Å². The molecule has 0 bridgehead atoms. The fourth-order valence-corrected chi connectivity index (χ4v) is 4.96. The van der Waals surface area contributed by atoms with Crippen molar-refractivity contribution in [3.63, 3.8) is 0 Å². The van der Waals surface area contributed by atoms with Crippen LogP contribution in [0.3, 0.4) is 0 Å². The van der Waals surface area contributed by atoms with Crippen molar-refractivity contribution in [2.24, 2.45) is 0 Å². The largest absolute Gasteiger partial charge is 0.490 e. The van der Waals surface area contributed by atoms with Gasteiger partial charge in [0, 0.05) is 17.0 Å². The van der Waals surface area contributed by atoms with Gasteiger partial charge in [0.05, 0.1) is 19.3 Å². The molecule has 0 saturated carbocycles. The molecule has 198 valence electrons. The van der Waals surface area contributed by atoms with Crippen LogP contribution < -0.4 is 4.74 Å². The minimum atomic E-state index is -0.988. The summed E-state index contributed by atoms with van der Waals surface area (Å²) in [6.07, 6.45) is 8.79. The lowest BCUT2D eigenvalue weighted by Gasteiger charge is -2.29. The van der Waals surface area contributed by atoms with Crippen molar-refractivity contribution in [1.82, 2.24) is 0 Å². The van der Waals surface area contributed by atoms with E-state index in [1.165, 1.54) is 31.4 Å². The van der Waals surface area contributed by atoms with Crippen LogP contribution in [0.2, 0.25) is 0 Å². The van der Waals surface area contributed by atoms with Crippen LogP contribution in [-0.4, -0.2) is 19.3 Å². The van der Waals surface area contributed by atoms with Crippen LogP contribution in [0.5, 0.6) is 5.75 Å². The standard InChI is InChI=1S/C32H37F3O2/c1-3-5-7-8-26-15-13-25(21-37-26)24-14-16-27(29(33)20-24)22-9-11-23(12-10-22)28-17-18-30(32(35)31(28)34)36-19-6-4-2/h9-12,14,16-18,20,25-26H,3-8,13,15,19,21H2,1-2H3. The lowest BCUT2D eigenvalue weighted by atomic mass is 9.89. The Kier molecular flexibility index (Phi) is 9.68. The molecule has 1 fully saturated rings. The van der Waals surface area contributed by atoms with E-state index in [9.17, 15) is 8.78 Å². The van der Waals surface area contributed by atoms with Crippen molar-refractivity contribution in [2.45, 2.75) is 77.2 Å². The maximum absolute atomic E-state index is 15.1. The number of hydrogen-bond donors (Lipinski definition) is 0. The Morgan fingerprint density at radius 1 is 0.784 bits per heavy atom. The molecule has 1 heterocycles. The number of unbranched alkanes of at least 4 members (excludes halogenated alkanes) is 3. The van der Waals surface area contributed by atoms with Crippen LogP contribution in [0.25, 0.3) is 22.3 Å². The molecule has 3 aromatic rings. The smallest absolute Gasteiger partial charge is 0.201 e. The molecule has 1 aliphatic rings. The van der Waals surface area contributed by atoms with Crippen LogP contribution in [0.1, 0.15) is 76.7 Å². The van der Waals surface area contributed by atoms with Gasteiger partial charge in [0.2, 0.25) is 5.82 Å². The van der Waals surface area contributed by atoms with E-state index in [0.29, 0.717) is 36.0 Å². The second-order valence-electron chi connectivity index (χ2n) is 9.98. The van der Waals surface area contributed by atoms with Gasteiger partial charge >= 0.3 is 0 Å². The van der Waals surface area contributed by atoms with Crippen LogP contribution >= 0.6 is 0 Å². The van der Waals surface area contributed by atoms with Gasteiger partial charge in [-0.25, -0.2) is 8.78 Å². The van der Waals surface area contributed by atoms with Crippen LogP contribution in [0, 0.1) is 17.5 Å². The van der Waals surface area contributed by atoms with Crippen molar-refractivity contribution in [3.8, 4) is 28.0 Å². The monoisotopic (exact) mass is 510 g/mol. The highest BCUT2D eigenvalue weighted by Gasteiger charge is 2.23. The molecular weight excluding hydrogens is 473 g/mol. The van der Waals surface area contributed by atoms with Gasteiger partial charge in [0.1, 0.15) is 5.82 Å². The number of rotatable bonds is 11. The van der Waals surface area contributed by atoms with Crippen LogP contribution in [0.4, 0.5) is 13.2 Å². The van der Waals surface area contributed by atoms with Gasteiger partial charge in [-0.15, -0.1) is 0 Å². The third-order valence-corrected chi connectivity index (χ3v) is 7.27. The number of ether oxygens (including phenoxy) is 2. The van der Waals surface area contributed by atoms with Gasteiger partial charge in [-0.3, -0.25) is 0 Å². The van der Waals surface area contributed by atoms with E-state index in [-0.39, 0.29) is 23.0 Å². The summed E-state index contributed by atoms with van der Waals surface area (Å²) in [5, 5.41) is 0. The molecule has 37 heavy (non-hydrogen) atoms. The molecule has 2 atom stereocenters. The van der Waals surface area contributed by atoms with E-state index in [2.05, 4.69) is 6.92 Å². The fraction of sp³-hybridized carbons (Fsp3) is 0.438. The lowest BCUT2D eigenvalue weighted by molar-refractivity contribution is -0.00211. The molecule has 3 aromatic carbocycles. The second kappa shape index (κ2) is 13.1. The van der Waals surface area contributed by atoms with Crippen molar-refractivity contribution in [3.05, 3.63) is 77.6 Å². The van der Waals surface area contributed by atoms with Gasteiger partial charge in [-0.05, 0) is 60.6 Å². The van der Waals surface area contributed by atoms with Crippen LogP contribution in [0.15, 0.2) is 54.6 Å². The van der Waals surface area contributed by atoms with Gasteiger partial charge in [0.15, 0.2) is 11.6 Å². The molecule has 0 N–H and O–H groups in total. The SMILES string of the molecule is CCCCCC1CCC(c2ccc(-c3ccc(-c4ccc(OCCCC)c(F)c4F)cc3)c(F)c2)CO1. The van der Waals surface area contributed by atoms with E-state index in [0.717, 1.165) is 37.7 Å². The average molecular weight is 511 g/mol. The zero-order valence-corrected chi connectivity index (χ0v) is 21.9. The number of benzene rings is 3. The van der Waals surface area contributed by atoms with Gasteiger partial charge < -0.3 is 9.47 Å². The summed E-state index contributed by atoms with van der Waals surface area (Å²) in [7, 11) is 0. The van der Waals surface area contributed by atoms with E-state index in [1.807, 2.05) is 13.0 Å². The summed E-state index contributed by atoms with van der Waals surface area (Å²) in [4.78, 5) is 0. The summed E-state index contributed by atoms with van der Waals surface area (Å²) in [5.74, 6) is -2.09. The van der Waals surface area contributed by atoms with Crippen molar-refractivity contribution < 1.29 is 22.6 Å². The molecule has 2 unspecified atom stereocenters. The van der Waals surface area contributed by atoms with Gasteiger partial charge in [0.25, 0.3) is 0 Å². The quantitative estimate of drug-likeness (QED) is 0.239. The predicted molar refractivity (Wildman–Crippen MR) is 143 cm³/mol. The normalized spacial score (nSPS) is 17.6. The van der Waals surface area contributed by atoms with E-state index in [1.54, 1.807) is 36.4 Å². The third-order valence-electron chi connectivity index (χ3n) is 7.27. The summed E-state index contributed by atoms with van der Waals surface area (Å²) >= 11 is 0. The maximum Gasteiger partial charge on any atom is 0.201 e. The molecule has 0 amide bonds. The van der Waals surface area contributed by atoms with Crippen molar-refractivity contribution in [1.29, 1.82) is 0 Å². The average Bonchev–Trinajstić information content (AvgIpc) is 2.92. The first-order valence-corrected chi connectivity index (χ1v) is 13.6. The lowest BCUT2D eigenvalue weighted by Crippen LogP contribution is -2.24. The van der Waals surface area contributed by atoms with Crippen molar-refractivity contribution in [2.75, 3.05) is 13.2 Å². The first-order chi connectivity index (χ1) is 18.0. The Hall–Kier alpha value is -2.79. The highest BCUT2D eigenvalue weighted by Crippen LogP contribution is 2.35. The molecule has 1 saturated heterocycles. The minimum absolute atomic E-state index is 0.0798. The Balaban J connectivity index is 1.42. The van der Waals surface area contributed by atoms with Gasteiger partial charge in [-0.2, -0.15) is 4.39 Å². The Morgan fingerprint density at radius 3 is 2.14 bits per heavy atom. The predicted octanol–water partition coefficient (Wildman–Crippen LogP) is 9.46. The van der Waals surface area contributed by atoms with E-state index >= 15 is 4.39 Å². The molecule has 1 aliphatic heterocycles. The number of halogens is 3. The van der Waals surface area contributed by atoms with E-state index in [4.69, 9.17) is 9.47 Å². The molecule has 0 spiro atoms. The minimum Gasteiger partial charge on any atom is -0.490 e. The Bertz CT molecular complexity index is 1150. The summed E-state index contributed by atoms with van der Waals surface area (Å²) < 4.78 is 55.8. The highest BCUT2D eigenvalue weighted by molar-refractivity contribution is 5.71. The Morgan fingerprint density at radius 2 is 1.49 bits per heavy atom. The third kappa shape index (κ3) is 6.75. The van der Waals surface area contributed by atoms with E-state index < -0.39 is 11.6 Å². The fourth-order valence-electron chi connectivity index (χ4n) is 4.96. The maximum atomic E-state index is 15.1. The molecule has 0 aliphatic carbocycles. The summed E-state index contributed by atoms with van der Waals surface area (Å²) in [5.41, 5.74) is 2.79. The zero-order chi connectivity index (χ0) is 26.2.